The van der Waals surface area contributed by atoms with Crippen LogP contribution in [0.1, 0.15) is 49.7 Å². The number of rotatable bonds is 12. The third-order valence-corrected chi connectivity index (χ3v) is 4.43. The Hall–Kier alpha value is -0.610. The summed E-state index contributed by atoms with van der Waals surface area (Å²) < 4.78 is 0. The minimum Gasteiger partial charge on any atom is -0.394 e. The van der Waals surface area contributed by atoms with Gasteiger partial charge in [0.15, 0.2) is 0 Å². The summed E-state index contributed by atoms with van der Waals surface area (Å²) in [7, 11) is 0. The Morgan fingerprint density at radius 2 is 1.32 bits per heavy atom. The van der Waals surface area contributed by atoms with Gasteiger partial charge in [-0.2, -0.15) is 0 Å². The lowest BCUT2D eigenvalue weighted by atomic mass is 9.93. The highest BCUT2D eigenvalue weighted by atomic mass is 35.5. The summed E-state index contributed by atoms with van der Waals surface area (Å²) in [5, 5.41) is 18.4. The zero-order chi connectivity index (χ0) is 16.3. The molecule has 0 aliphatic heterocycles. The average molecular weight is 328 g/mol. The van der Waals surface area contributed by atoms with Crippen molar-refractivity contribution in [1.29, 1.82) is 0 Å². The molecule has 0 unspecified atom stereocenters. The first-order chi connectivity index (χ1) is 10.6. The molecule has 1 aromatic carbocycles. The Balaban J connectivity index is 2.28. The van der Waals surface area contributed by atoms with Crippen LogP contribution in [0.15, 0.2) is 24.3 Å². The van der Waals surface area contributed by atoms with Gasteiger partial charge in [-0.05, 0) is 43.2 Å². The highest BCUT2D eigenvalue weighted by molar-refractivity contribution is 6.17. The van der Waals surface area contributed by atoms with Gasteiger partial charge in [0, 0.05) is 5.88 Å². The molecule has 0 atom stereocenters. The van der Waals surface area contributed by atoms with Gasteiger partial charge >= 0.3 is 0 Å². The number of hydrogen-bond donors (Lipinski definition) is 3. The number of hydrogen-bond acceptors (Lipinski definition) is 3. The van der Waals surface area contributed by atoms with Crippen LogP contribution in [0.3, 0.4) is 0 Å². The second-order valence-electron chi connectivity index (χ2n) is 6.20. The molecule has 22 heavy (non-hydrogen) atoms. The summed E-state index contributed by atoms with van der Waals surface area (Å²) in [6.07, 6.45) is 8.60. The van der Waals surface area contributed by atoms with Gasteiger partial charge in [0.25, 0.3) is 0 Å². The zero-order valence-electron chi connectivity index (χ0n) is 13.4. The molecule has 0 heterocycles. The van der Waals surface area contributed by atoms with Gasteiger partial charge in [-0.1, -0.05) is 43.5 Å². The fourth-order valence-electron chi connectivity index (χ4n) is 2.43. The molecule has 4 heteroatoms. The molecule has 1 rings (SSSR count). The van der Waals surface area contributed by atoms with E-state index in [0.29, 0.717) is 6.42 Å². The van der Waals surface area contributed by atoms with Crippen LogP contribution in [0, 0.1) is 0 Å². The van der Waals surface area contributed by atoms with Gasteiger partial charge in [-0.15, -0.1) is 11.6 Å². The van der Waals surface area contributed by atoms with Gasteiger partial charge in [-0.25, -0.2) is 0 Å². The quantitative estimate of drug-likeness (QED) is 0.408. The molecular formula is C18H30ClNO2. The van der Waals surface area contributed by atoms with E-state index in [2.05, 4.69) is 24.3 Å². The molecule has 126 valence electrons. The number of unbranched alkanes of at least 4 members (excludes halogenated alkanes) is 4. The van der Waals surface area contributed by atoms with Crippen LogP contribution in [0.2, 0.25) is 0 Å². The SMILES string of the molecule is NC(CO)(CO)CCc1ccc(CCCCCCCCl)cc1. The maximum Gasteiger partial charge on any atom is 0.0633 e. The molecule has 0 radical (unpaired) electrons. The van der Waals surface area contributed by atoms with Crippen LogP contribution in [0.4, 0.5) is 0 Å². The van der Waals surface area contributed by atoms with Crippen molar-refractivity contribution in [3.05, 3.63) is 35.4 Å². The van der Waals surface area contributed by atoms with E-state index in [1.54, 1.807) is 0 Å². The van der Waals surface area contributed by atoms with Crippen molar-refractivity contribution in [3.8, 4) is 0 Å². The number of nitrogens with two attached hydrogens (primary N) is 1. The number of aryl methyl sites for hydroxylation is 2. The highest BCUT2D eigenvalue weighted by Gasteiger charge is 2.22. The molecule has 0 spiro atoms. The fourth-order valence-corrected chi connectivity index (χ4v) is 2.62. The maximum absolute atomic E-state index is 9.19. The summed E-state index contributed by atoms with van der Waals surface area (Å²) in [6.45, 7) is -0.378. The molecule has 0 aliphatic rings. The minimum atomic E-state index is -0.873. The number of halogens is 1. The number of aliphatic hydroxyl groups is 2. The highest BCUT2D eigenvalue weighted by Crippen LogP contribution is 2.14. The van der Waals surface area contributed by atoms with E-state index >= 15 is 0 Å². The number of benzene rings is 1. The van der Waals surface area contributed by atoms with Crippen molar-refractivity contribution in [3.63, 3.8) is 0 Å². The van der Waals surface area contributed by atoms with Gasteiger partial charge in [0.2, 0.25) is 0 Å². The second-order valence-corrected chi connectivity index (χ2v) is 6.58. The lowest BCUT2D eigenvalue weighted by Gasteiger charge is -2.24. The first-order valence-corrected chi connectivity index (χ1v) is 8.81. The summed E-state index contributed by atoms with van der Waals surface area (Å²) >= 11 is 5.66. The summed E-state index contributed by atoms with van der Waals surface area (Å²) in [6, 6.07) is 8.59. The molecule has 0 bridgehead atoms. The Bertz CT molecular complexity index is 391. The summed E-state index contributed by atoms with van der Waals surface area (Å²) in [5.41, 5.74) is 7.57. The lowest BCUT2D eigenvalue weighted by molar-refractivity contribution is 0.115. The Kier molecular flexibility index (Phi) is 9.73. The summed E-state index contributed by atoms with van der Waals surface area (Å²) in [5.74, 6) is 0.776. The minimum absolute atomic E-state index is 0.189. The number of alkyl halides is 1. The van der Waals surface area contributed by atoms with Crippen molar-refractivity contribution in [2.24, 2.45) is 5.73 Å². The van der Waals surface area contributed by atoms with E-state index in [-0.39, 0.29) is 13.2 Å². The van der Waals surface area contributed by atoms with Crippen LogP contribution >= 0.6 is 11.6 Å². The predicted molar refractivity (Wildman–Crippen MR) is 93.4 cm³/mol. The molecule has 3 nitrogen and oxygen atoms in total. The zero-order valence-corrected chi connectivity index (χ0v) is 14.2. The molecule has 0 saturated heterocycles. The Labute approximate surface area is 139 Å². The van der Waals surface area contributed by atoms with Crippen LogP contribution < -0.4 is 5.73 Å². The van der Waals surface area contributed by atoms with Crippen molar-refractivity contribution in [2.75, 3.05) is 19.1 Å². The standard InChI is InChI=1S/C18H30ClNO2/c19-13-5-3-1-2-4-6-16-7-9-17(10-8-16)11-12-18(20,14-21)15-22/h7-10,21-22H,1-6,11-15,20H2. The normalized spacial score (nSPS) is 11.8. The summed E-state index contributed by atoms with van der Waals surface area (Å²) in [4.78, 5) is 0. The van der Waals surface area contributed by atoms with Crippen molar-refractivity contribution >= 4 is 11.6 Å². The van der Waals surface area contributed by atoms with Gasteiger partial charge < -0.3 is 15.9 Å². The van der Waals surface area contributed by atoms with Gasteiger partial charge in [-0.3, -0.25) is 0 Å². The lowest BCUT2D eigenvalue weighted by Crippen LogP contribution is -2.47. The third kappa shape index (κ3) is 7.59. The maximum atomic E-state index is 9.19. The molecule has 0 aromatic heterocycles. The van der Waals surface area contributed by atoms with Crippen LogP contribution in [-0.2, 0) is 12.8 Å². The van der Waals surface area contributed by atoms with E-state index in [1.165, 1.54) is 36.8 Å². The van der Waals surface area contributed by atoms with Crippen LogP contribution in [0.5, 0.6) is 0 Å². The monoisotopic (exact) mass is 327 g/mol. The Morgan fingerprint density at radius 1 is 0.818 bits per heavy atom. The van der Waals surface area contributed by atoms with Crippen molar-refractivity contribution < 1.29 is 10.2 Å². The van der Waals surface area contributed by atoms with Gasteiger partial charge in [0.05, 0.1) is 18.8 Å². The first kappa shape index (κ1) is 19.4. The largest absolute Gasteiger partial charge is 0.394 e. The topological polar surface area (TPSA) is 66.5 Å². The van der Waals surface area contributed by atoms with Gasteiger partial charge in [0.1, 0.15) is 0 Å². The molecule has 0 saturated carbocycles. The van der Waals surface area contributed by atoms with E-state index < -0.39 is 5.54 Å². The molecule has 0 fully saturated rings. The predicted octanol–water partition coefficient (Wildman–Crippen LogP) is 3.03. The van der Waals surface area contributed by atoms with Crippen LogP contribution in [0.25, 0.3) is 0 Å². The average Bonchev–Trinajstić information content (AvgIpc) is 2.57. The fraction of sp³-hybridized carbons (Fsp3) is 0.667. The first-order valence-electron chi connectivity index (χ1n) is 8.28. The molecule has 0 amide bonds. The van der Waals surface area contributed by atoms with E-state index in [4.69, 9.17) is 17.3 Å². The van der Waals surface area contributed by atoms with E-state index in [9.17, 15) is 10.2 Å². The molecular weight excluding hydrogens is 298 g/mol. The molecule has 1 aromatic rings. The second kappa shape index (κ2) is 11.0. The van der Waals surface area contributed by atoms with Crippen LogP contribution in [-0.4, -0.2) is 34.8 Å². The van der Waals surface area contributed by atoms with E-state index in [1.807, 2.05) is 0 Å². The number of aliphatic hydroxyl groups excluding tert-OH is 2. The smallest absolute Gasteiger partial charge is 0.0633 e. The van der Waals surface area contributed by atoms with Crippen molar-refractivity contribution in [2.45, 2.75) is 56.9 Å². The van der Waals surface area contributed by atoms with E-state index in [0.717, 1.165) is 25.1 Å². The van der Waals surface area contributed by atoms with Crippen molar-refractivity contribution in [1.82, 2.24) is 0 Å². The molecule has 0 aliphatic carbocycles. The Morgan fingerprint density at radius 3 is 1.86 bits per heavy atom. The third-order valence-electron chi connectivity index (χ3n) is 4.16. The molecule has 4 N–H and O–H groups in total.